The molecule has 0 fully saturated rings. The lowest BCUT2D eigenvalue weighted by Crippen LogP contribution is -2.21. The van der Waals surface area contributed by atoms with Crippen molar-refractivity contribution < 1.29 is 14.3 Å². The van der Waals surface area contributed by atoms with E-state index < -0.39 is 0 Å². The highest BCUT2D eigenvalue weighted by Gasteiger charge is 2.23. The molecule has 1 aliphatic heterocycles. The molecule has 1 aromatic carbocycles. The molecule has 0 bridgehead atoms. The Kier molecular flexibility index (Phi) is 4.71. The number of esters is 1. The van der Waals surface area contributed by atoms with Crippen molar-refractivity contribution in [2.24, 2.45) is 0 Å². The van der Waals surface area contributed by atoms with E-state index in [1.165, 1.54) is 0 Å². The molecule has 6 nitrogen and oxygen atoms in total. The van der Waals surface area contributed by atoms with E-state index in [9.17, 15) is 4.79 Å². The van der Waals surface area contributed by atoms with Crippen LogP contribution in [0.25, 0.3) is 5.65 Å². The molecule has 1 N–H and O–H groups in total. The second-order valence-electron chi connectivity index (χ2n) is 7.44. The second-order valence-corrected chi connectivity index (χ2v) is 7.44. The van der Waals surface area contributed by atoms with Crippen LogP contribution in [0.15, 0.2) is 36.5 Å². The molecule has 3 heterocycles. The molecule has 0 amide bonds. The molecule has 0 aliphatic carbocycles. The van der Waals surface area contributed by atoms with Crippen LogP contribution in [0.1, 0.15) is 53.6 Å². The molecule has 1 unspecified atom stereocenters. The van der Waals surface area contributed by atoms with Crippen LogP contribution < -0.4 is 10.1 Å². The minimum atomic E-state index is -0.335. The van der Waals surface area contributed by atoms with Crippen LogP contribution in [-0.2, 0) is 4.74 Å². The summed E-state index contributed by atoms with van der Waals surface area (Å²) in [6, 6.07) is 9.97. The number of rotatable bonds is 4. The van der Waals surface area contributed by atoms with Gasteiger partial charge in [-0.2, -0.15) is 0 Å². The van der Waals surface area contributed by atoms with Crippen LogP contribution in [-0.4, -0.2) is 28.1 Å². The van der Waals surface area contributed by atoms with Gasteiger partial charge < -0.3 is 19.2 Å². The summed E-state index contributed by atoms with van der Waals surface area (Å²) < 4.78 is 13.1. The van der Waals surface area contributed by atoms with Crippen molar-refractivity contribution in [3.05, 3.63) is 59.0 Å². The summed E-state index contributed by atoms with van der Waals surface area (Å²) in [5, 5.41) is 3.60. The number of fused-ring (bicyclic) bond motifs is 2. The maximum atomic E-state index is 12.6. The number of hydrogen-bond donors (Lipinski definition) is 1. The lowest BCUT2D eigenvalue weighted by molar-refractivity contribution is 0.0377. The number of nitrogens with zero attached hydrogens (tertiary/aromatic N) is 2. The van der Waals surface area contributed by atoms with Gasteiger partial charge >= 0.3 is 5.97 Å². The van der Waals surface area contributed by atoms with Crippen LogP contribution in [0.2, 0.25) is 0 Å². The normalized spacial score (nSPS) is 16.0. The first-order valence-corrected chi connectivity index (χ1v) is 9.62. The molecule has 2 aromatic heterocycles. The van der Waals surface area contributed by atoms with E-state index in [-0.39, 0.29) is 18.1 Å². The van der Waals surface area contributed by atoms with E-state index in [2.05, 4.69) is 11.4 Å². The molecule has 0 saturated carbocycles. The molecular weight excluding hydrogens is 354 g/mol. The third kappa shape index (κ3) is 3.30. The van der Waals surface area contributed by atoms with Crippen molar-refractivity contribution in [1.29, 1.82) is 0 Å². The van der Waals surface area contributed by atoms with Crippen LogP contribution in [0.3, 0.4) is 0 Å². The third-order valence-electron chi connectivity index (χ3n) is 5.06. The maximum absolute atomic E-state index is 12.6. The Morgan fingerprint density at radius 1 is 1.32 bits per heavy atom. The van der Waals surface area contributed by atoms with Gasteiger partial charge in [0.1, 0.15) is 5.75 Å². The summed E-state index contributed by atoms with van der Waals surface area (Å²) in [5.41, 5.74) is 5.18. The number of carbonyl (C=O) groups excluding carboxylic acids is 1. The number of carbonyl (C=O) groups is 1. The van der Waals surface area contributed by atoms with E-state index >= 15 is 0 Å². The topological polar surface area (TPSA) is 64.9 Å². The Morgan fingerprint density at radius 2 is 2.11 bits per heavy atom. The Hall–Kier alpha value is -3.02. The number of aromatic nitrogens is 2. The minimum Gasteiger partial charge on any atom is -0.493 e. The van der Waals surface area contributed by atoms with Gasteiger partial charge in [-0.25, -0.2) is 9.78 Å². The van der Waals surface area contributed by atoms with E-state index in [1.54, 1.807) is 6.20 Å². The zero-order chi connectivity index (χ0) is 19.8. The highest BCUT2D eigenvalue weighted by molar-refractivity contribution is 5.92. The number of ether oxygens (including phenoxy) is 2. The Morgan fingerprint density at radius 3 is 2.89 bits per heavy atom. The smallest absolute Gasteiger partial charge is 0.339 e. The monoisotopic (exact) mass is 379 g/mol. The lowest BCUT2D eigenvalue weighted by atomic mass is 10.0. The minimum absolute atomic E-state index is 0.0856. The van der Waals surface area contributed by atoms with Gasteiger partial charge in [0, 0.05) is 23.9 Å². The molecule has 1 aliphatic rings. The fourth-order valence-electron chi connectivity index (χ4n) is 3.55. The molecular formula is C22H25N3O3. The summed E-state index contributed by atoms with van der Waals surface area (Å²) in [7, 11) is 0. The van der Waals surface area contributed by atoms with Crippen LogP contribution in [0.5, 0.6) is 5.75 Å². The fraction of sp³-hybridized carbons (Fsp3) is 0.364. The van der Waals surface area contributed by atoms with Gasteiger partial charge in [0.05, 0.1) is 35.7 Å². The highest BCUT2D eigenvalue weighted by Crippen LogP contribution is 2.35. The van der Waals surface area contributed by atoms with Crippen molar-refractivity contribution in [3.63, 3.8) is 0 Å². The molecule has 146 valence electrons. The number of anilines is 1. The molecule has 6 heteroatoms. The van der Waals surface area contributed by atoms with Gasteiger partial charge in [-0.05, 0) is 39.8 Å². The van der Waals surface area contributed by atoms with Crippen molar-refractivity contribution in [2.75, 3.05) is 11.9 Å². The summed E-state index contributed by atoms with van der Waals surface area (Å²) in [6.07, 6.45) is 2.47. The SMILES string of the molecule is Cc1nc2c(NC3CCOc4ccccc43)cc(C(=O)OC(C)C)cn2c1C. The van der Waals surface area contributed by atoms with Crippen LogP contribution in [0, 0.1) is 13.8 Å². The first-order chi connectivity index (χ1) is 13.4. The molecule has 0 radical (unpaired) electrons. The van der Waals surface area contributed by atoms with Crippen LogP contribution >= 0.6 is 0 Å². The summed E-state index contributed by atoms with van der Waals surface area (Å²) >= 11 is 0. The second kappa shape index (κ2) is 7.19. The standard InChI is InChI=1S/C22H25N3O3/c1-13(2)28-22(26)16-11-19(21-23-14(3)15(4)25(21)12-16)24-18-9-10-27-20-8-6-5-7-17(18)20/h5-8,11-13,18,24H,9-10H2,1-4H3. The number of benzene rings is 1. The number of imidazole rings is 1. The highest BCUT2D eigenvalue weighted by atomic mass is 16.5. The van der Waals surface area contributed by atoms with Gasteiger partial charge in [0.15, 0.2) is 5.65 Å². The van der Waals surface area contributed by atoms with Gasteiger partial charge in [0.2, 0.25) is 0 Å². The molecule has 4 rings (SSSR count). The zero-order valence-corrected chi connectivity index (χ0v) is 16.7. The lowest BCUT2D eigenvalue weighted by Gasteiger charge is -2.27. The van der Waals surface area contributed by atoms with E-state index in [4.69, 9.17) is 14.5 Å². The first-order valence-electron chi connectivity index (χ1n) is 9.62. The number of para-hydroxylation sites is 1. The van der Waals surface area contributed by atoms with Gasteiger partial charge in [-0.3, -0.25) is 0 Å². The van der Waals surface area contributed by atoms with E-state index in [1.807, 2.05) is 56.4 Å². The quantitative estimate of drug-likeness (QED) is 0.679. The third-order valence-corrected chi connectivity index (χ3v) is 5.06. The summed E-state index contributed by atoms with van der Waals surface area (Å²) in [4.78, 5) is 17.3. The van der Waals surface area contributed by atoms with Crippen LogP contribution in [0.4, 0.5) is 5.69 Å². The average molecular weight is 379 g/mol. The van der Waals surface area contributed by atoms with Crippen molar-refractivity contribution in [3.8, 4) is 5.75 Å². The average Bonchev–Trinajstić information content (AvgIpc) is 2.96. The molecule has 3 aromatic rings. The van der Waals surface area contributed by atoms with Crippen molar-refractivity contribution in [2.45, 2.75) is 46.3 Å². The first kappa shape index (κ1) is 18.3. The van der Waals surface area contributed by atoms with E-state index in [0.717, 1.165) is 40.5 Å². The fourth-order valence-corrected chi connectivity index (χ4v) is 3.55. The predicted octanol–water partition coefficient (Wildman–Crippen LogP) is 4.45. The molecule has 1 atom stereocenters. The molecule has 28 heavy (non-hydrogen) atoms. The Balaban J connectivity index is 1.78. The summed E-state index contributed by atoms with van der Waals surface area (Å²) in [5.74, 6) is 0.562. The summed E-state index contributed by atoms with van der Waals surface area (Å²) in [6.45, 7) is 8.32. The largest absolute Gasteiger partial charge is 0.493 e. The number of pyridine rings is 1. The molecule has 0 spiro atoms. The zero-order valence-electron chi connectivity index (χ0n) is 16.7. The maximum Gasteiger partial charge on any atom is 0.339 e. The van der Waals surface area contributed by atoms with E-state index in [0.29, 0.717) is 12.2 Å². The Labute approximate surface area is 164 Å². The van der Waals surface area contributed by atoms with Gasteiger partial charge in [-0.1, -0.05) is 18.2 Å². The van der Waals surface area contributed by atoms with Gasteiger partial charge in [-0.15, -0.1) is 0 Å². The number of hydrogen-bond acceptors (Lipinski definition) is 5. The number of nitrogens with one attached hydrogen (secondary N) is 1. The predicted molar refractivity (Wildman–Crippen MR) is 108 cm³/mol. The van der Waals surface area contributed by atoms with Crippen molar-refractivity contribution in [1.82, 2.24) is 9.38 Å². The number of aryl methyl sites for hydroxylation is 2. The Bertz CT molecular complexity index is 1040. The van der Waals surface area contributed by atoms with Gasteiger partial charge in [0.25, 0.3) is 0 Å². The van der Waals surface area contributed by atoms with Crippen molar-refractivity contribution >= 4 is 17.3 Å². The molecule has 0 saturated heterocycles.